The molecule has 2 unspecified atom stereocenters. The van der Waals surface area contributed by atoms with E-state index in [-0.39, 0.29) is 5.41 Å². The Hall–Kier alpha value is -1.84. The van der Waals surface area contributed by atoms with Crippen molar-refractivity contribution >= 4 is 23.1 Å². The van der Waals surface area contributed by atoms with Crippen LogP contribution in [0.25, 0.3) is 0 Å². The zero-order chi connectivity index (χ0) is 18.0. The average molecular weight is 368 g/mol. The fraction of sp³-hybridized carbons (Fsp3) is 0.409. The van der Waals surface area contributed by atoms with Gasteiger partial charge in [0.15, 0.2) is 0 Å². The van der Waals surface area contributed by atoms with Crippen LogP contribution in [0.15, 0.2) is 53.5 Å². The molecule has 1 spiro atoms. The van der Waals surface area contributed by atoms with Crippen LogP contribution >= 0.6 is 11.6 Å². The topological polar surface area (TPSA) is 36.4 Å². The lowest BCUT2D eigenvalue weighted by atomic mass is 9.66. The summed E-state index contributed by atoms with van der Waals surface area (Å²) in [4.78, 5) is 5.08. The standard InChI is InChI=1S/C22H26ClN3/c1-16-14-24-11-5-10-22(16)13-18-7-2-3-9-20(18)26-21(22)25-15-17-6-4-8-19(23)12-17/h2-4,6-9,12,16,24H,5,10-11,13-15H2,1H3,(H,25,26). The largest absolute Gasteiger partial charge is 0.343 e. The molecule has 0 amide bonds. The Kier molecular flexibility index (Phi) is 5.01. The van der Waals surface area contributed by atoms with E-state index in [1.807, 2.05) is 18.2 Å². The molecule has 0 radical (unpaired) electrons. The predicted molar refractivity (Wildman–Crippen MR) is 110 cm³/mol. The zero-order valence-corrected chi connectivity index (χ0v) is 16.0. The summed E-state index contributed by atoms with van der Waals surface area (Å²) in [6.45, 7) is 5.16. The van der Waals surface area contributed by atoms with Crippen molar-refractivity contribution < 1.29 is 0 Å². The maximum absolute atomic E-state index is 6.15. The lowest BCUT2D eigenvalue weighted by molar-refractivity contribution is 0.263. The van der Waals surface area contributed by atoms with Crippen LogP contribution in [0, 0.1) is 11.3 Å². The second-order valence-electron chi connectivity index (χ2n) is 7.62. The van der Waals surface area contributed by atoms with E-state index < -0.39 is 0 Å². The van der Waals surface area contributed by atoms with Gasteiger partial charge in [0, 0.05) is 16.1 Å². The first-order valence-corrected chi connectivity index (χ1v) is 9.90. The molecule has 4 rings (SSSR count). The van der Waals surface area contributed by atoms with Gasteiger partial charge in [-0.25, -0.2) is 0 Å². The Morgan fingerprint density at radius 2 is 2.08 bits per heavy atom. The first-order chi connectivity index (χ1) is 12.7. The van der Waals surface area contributed by atoms with Gasteiger partial charge in [-0.05, 0) is 67.6 Å². The van der Waals surface area contributed by atoms with Crippen molar-refractivity contribution in [3.63, 3.8) is 0 Å². The molecule has 2 aliphatic rings. The molecule has 26 heavy (non-hydrogen) atoms. The minimum Gasteiger partial charge on any atom is -0.343 e. The van der Waals surface area contributed by atoms with E-state index in [1.165, 1.54) is 17.7 Å². The molecule has 1 saturated heterocycles. The molecule has 2 atom stereocenters. The third kappa shape index (κ3) is 3.38. The Balaban J connectivity index is 1.72. The lowest BCUT2D eigenvalue weighted by Gasteiger charge is -2.43. The van der Waals surface area contributed by atoms with Gasteiger partial charge in [-0.3, -0.25) is 4.99 Å². The molecule has 0 saturated carbocycles. The van der Waals surface area contributed by atoms with E-state index in [4.69, 9.17) is 16.6 Å². The monoisotopic (exact) mass is 367 g/mol. The summed E-state index contributed by atoms with van der Waals surface area (Å²) >= 11 is 6.15. The smallest absolute Gasteiger partial charge is 0.108 e. The van der Waals surface area contributed by atoms with Gasteiger partial charge in [-0.1, -0.05) is 48.9 Å². The van der Waals surface area contributed by atoms with Gasteiger partial charge < -0.3 is 10.6 Å². The number of fused-ring (bicyclic) bond motifs is 1. The lowest BCUT2D eigenvalue weighted by Crippen LogP contribution is -2.47. The molecule has 2 N–H and O–H groups in total. The van der Waals surface area contributed by atoms with Gasteiger partial charge >= 0.3 is 0 Å². The molecule has 0 aliphatic carbocycles. The summed E-state index contributed by atoms with van der Waals surface area (Å²) in [6, 6.07) is 16.7. The average Bonchev–Trinajstić information content (AvgIpc) is 2.82. The van der Waals surface area contributed by atoms with Gasteiger partial charge in [-0.15, -0.1) is 0 Å². The van der Waals surface area contributed by atoms with Crippen LogP contribution in [0.2, 0.25) is 5.02 Å². The van der Waals surface area contributed by atoms with Gasteiger partial charge in [0.1, 0.15) is 5.84 Å². The number of benzene rings is 2. The normalized spacial score (nSPS) is 27.0. The van der Waals surface area contributed by atoms with Crippen LogP contribution in [-0.4, -0.2) is 18.9 Å². The van der Waals surface area contributed by atoms with Crippen molar-refractivity contribution in [2.75, 3.05) is 18.4 Å². The SMILES string of the molecule is CC1CNCCCC12Cc1ccccc1NC2=NCc1cccc(Cl)c1. The summed E-state index contributed by atoms with van der Waals surface area (Å²) in [5.41, 5.74) is 3.84. The van der Waals surface area contributed by atoms with Gasteiger partial charge in [0.2, 0.25) is 0 Å². The summed E-state index contributed by atoms with van der Waals surface area (Å²) in [5, 5.41) is 8.05. The van der Waals surface area contributed by atoms with Crippen molar-refractivity contribution in [1.29, 1.82) is 0 Å². The number of halogens is 1. The third-order valence-corrected chi connectivity index (χ3v) is 6.16. The molecular weight excluding hydrogens is 342 g/mol. The predicted octanol–water partition coefficient (Wildman–Crippen LogP) is 4.91. The number of aliphatic imine (C=N–C) groups is 1. The Morgan fingerprint density at radius 3 is 2.96 bits per heavy atom. The molecule has 4 heteroatoms. The van der Waals surface area contributed by atoms with E-state index in [2.05, 4.69) is 47.9 Å². The van der Waals surface area contributed by atoms with Crippen molar-refractivity contribution in [3.05, 3.63) is 64.7 Å². The van der Waals surface area contributed by atoms with E-state index >= 15 is 0 Å². The van der Waals surface area contributed by atoms with Crippen LogP contribution in [0.5, 0.6) is 0 Å². The minimum atomic E-state index is 0.0798. The van der Waals surface area contributed by atoms with Crippen molar-refractivity contribution in [3.8, 4) is 0 Å². The minimum absolute atomic E-state index is 0.0798. The molecular formula is C22H26ClN3. The van der Waals surface area contributed by atoms with Crippen LogP contribution in [0.1, 0.15) is 30.9 Å². The molecule has 2 heterocycles. The highest BCUT2D eigenvalue weighted by Crippen LogP contribution is 2.44. The molecule has 3 nitrogen and oxygen atoms in total. The highest BCUT2D eigenvalue weighted by molar-refractivity contribution is 6.30. The van der Waals surface area contributed by atoms with Crippen molar-refractivity contribution in [2.45, 2.75) is 32.7 Å². The maximum Gasteiger partial charge on any atom is 0.108 e. The zero-order valence-electron chi connectivity index (χ0n) is 15.3. The highest BCUT2D eigenvalue weighted by Gasteiger charge is 2.44. The summed E-state index contributed by atoms with van der Waals surface area (Å²) in [6.07, 6.45) is 3.41. The Morgan fingerprint density at radius 1 is 1.19 bits per heavy atom. The molecule has 1 fully saturated rings. The number of nitrogens with zero attached hydrogens (tertiary/aromatic N) is 1. The van der Waals surface area contributed by atoms with Gasteiger partial charge in [0.25, 0.3) is 0 Å². The molecule has 0 bridgehead atoms. The summed E-state index contributed by atoms with van der Waals surface area (Å²) < 4.78 is 0. The second-order valence-corrected chi connectivity index (χ2v) is 8.05. The van der Waals surface area contributed by atoms with Gasteiger partial charge in [0.05, 0.1) is 6.54 Å². The van der Waals surface area contributed by atoms with Gasteiger partial charge in [-0.2, -0.15) is 0 Å². The first-order valence-electron chi connectivity index (χ1n) is 9.52. The van der Waals surface area contributed by atoms with Crippen LogP contribution < -0.4 is 10.6 Å². The summed E-state index contributed by atoms with van der Waals surface area (Å²) in [7, 11) is 0. The van der Waals surface area contributed by atoms with Crippen LogP contribution in [0.3, 0.4) is 0 Å². The number of para-hydroxylation sites is 1. The fourth-order valence-electron chi connectivity index (χ4n) is 4.38. The number of anilines is 1. The number of hydrogen-bond acceptors (Lipinski definition) is 2. The quantitative estimate of drug-likeness (QED) is 0.790. The Bertz CT molecular complexity index is 817. The van der Waals surface area contributed by atoms with E-state index in [0.717, 1.165) is 42.4 Å². The molecule has 2 aliphatic heterocycles. The molecule has 0 aromatic heterocycles. The molecule has 136 valence electrons. The number of amidine groups is 1. The molecule has 2 aromatic carbocycles. The fourth-order valence-corrected chi connectivity index (χ4v) is 4.59. The van der Waals surface area contributed by atoms with Crippen molar-refractivity contribution in [2.24, 2.45) is 16.3 Å². The van der Waals surface area contributed by atoms with Crippen LogP contribution in [-0.2, 0) is 13.0 Å². The number of rotatable bonds is 2. The van der Waals surface area contributed by atoms with E-state index in [9.17, 15) is 0 Å². The molecule has 2 aromatic rings. The number of hydrogen-bond donors (Lipinski definition) is 2. The maximum atomic E-state index is 6.15. The highest BCUT2D eigenvalue weighted by atomic mass is 35.5. The van der Waals surface area contributed by atoms with E-state index in [1.54, 1.807) is 0 Å². The Labute approximate surface area is 160 Å². The first kappa shape index (κ1) is 17.6. The van der Waals surface area contributed by atoms with E-state index in [0.29, 0.717) is 12.5 Å². The van der Waals surface area contributed by atoms with Crippen molar-refractivity contribution in [1.82, 2.24) is 5.32 Å². The number of nitrogens with one attached hydrogen (secondary N) is 2. The van der Waals surface area contributed by atoms with Crippen LogP contribution in [0.4, 0.5) is 5.69 Å². The summed E-state index contributed by atoms with van der Waals surface area (Å²) in [5.74, 6) is 1.68. The second kappa shape index (κ2) is 7.42. The third-order valence-electron chi connectivity index (χ3n) is 5.93.